The molecule has 8 nitrogen and oxygen atoms in total. The second-order valence-corrected chi connectivity index (χ2v) is 7.93. The summed E-state index contributed by atoms with van der Waals surface area (Å²) in [5, 5.41) is 11.1. The number of ether oxygens (including phenoxy) is 2. The van der Waals surface area contributed by atoms with Gasteiger partial charge in [-0.3, -0.25) is 19.5 Å². The summed E-state index contributed by atoms with van der Waals surface area (Å²) in [6.45, 7) is 4.09. The predicted octanol–water partition coefficient (Wildman–Crippen LogP) is 2.37. The van der Waals surface area contributed by atoms with Crippen LogP contribution in [0.2, 0.25) is 0 Å². The van der Waals surface area contributed by atoms with Crippen molar-refractivity contribution in [2.24, 2.45) is 0 Å². The van der Waals surface area contributed by atoms with Crippen molar-refractivity contribution in [1.29, 1.82) is 0 Å². The van der Waals surface area contributed by atoms with Crippen molar-refractivity contribution < 1.29 is 28.6 Å². The second kappa shape index (κ2) is 10.1. The summed E-state index contributed by atoms with van der Waals surface area (Å²) < 4.78 is 24.6. The zero-order chi connectivity index (χ0) is 23.4. The summed E-state index contributed by atoms with van der Waals surface area (Å²) in [6, 6.07) is 6.22. The topological polar surface area (TPSA) is 92.2 Å². The van der Waals surface area contributed by atoms with Crippen molar-refractivity contribution >= 4 is 17.4 Å². The minimum atomic E-state index is -0.814. The van der Waals surface area contributed by atoms with Crippen molar-refractivity contribution in [2.75, 3.05) is 46.5 Å². The first-order valence-electron chi connectivity index (χ1n) is 10.8. The summed E-state index contributed by atoms with van der Waals surface area (Å²) in [5.41, 5.74) is 0.553. The number of rotatable bonds is 7. The van der Waals surface area contributed by atoms with Gasteiger partial charge in [0.05, 0.1) is 37.5 Å². The minimum Gasteiger partial charge on any atom is -0.507 e. The fraction of sp³-hybridized carbons (Fsp3) is 0.375. The number of hydrogen-bond donors (Lipinski definition) is 1. The van der Waals surface area contributed by atoms with Gasteiger partial charge in [0.15, 0.2) is 0 Å². The van der Waals surface area contributed by atoms with Gasteiger partial charge in [-0.25, -0.2) is 4.39 Å². The molecular formula is C24H26FN3O5. The number of hydrogen-bond acceptors (Lipinski definition) is 7. The second-order valence-electron chi connectivity index (χ2n) is 7.93. The average molecular weight is 455 g/mol. The molecule has 2 fully saturated rings. The molecule has 2 aromatic rings. The van der Waals surface area contributed by atoms with Crippen LogP contribution in [0, 0.1) is 5.82 Å². The fourth-order valence-electron chi connectivity index (χ4n) is 4.30. The molecule has 4 rings (SSSR count). The number of aliphatic hydroxyl groups excluding tert-OH is 1. The molecule has 2 saturated heterocycles. The smallest absolute Gasteiger partial charge is 0.295 e. The molecule has 1 N–H and O–H groups in total. The molecule has 0 bridgehead atoms. The highest BCUT2D eigenvalue weighted by Gasteiger charge is 2.46. The predicted molar refractivity (Wildman–Crippen MR) is 118 cm³/mol. The number of Topliss-reactive ketones (excluding diaryl/α,β-unsaturated/α-hetero) is 1. The largest absolute Gasteiger partial charge is 0.507 e. The molecule has 2 aliphatic heterocycles. The fourth-order valence-corrected chi connectivity index (χ4v) is 4.30. The highest BCUT2D eigenvalue weighted by Crippen LogP contribution is 2.40. The first-order chi connectivity index (χ1) is 16.0. The first kappa shape index (κ1) is 22.9. The van der Waals surface area contributed by atoms with Gasteiger partial charge in [0.25, 0.3) is 11.7 Å². The molecular weight excluding hydrogens is 429 g/mol. The van der Waals surface area contributed by atoms with Crippen molar-refractivity contribution in [3.05, 3.63) is 65.2 Å². The molecule has 1 aromatic carbocycles. The van der Waals surface area contributed by atoms with Crippen molar-refractivity contribution in [2.45, 2.75) is 12.5 Å². The molecule has 0 spiro atoms. The van der Waals surface area contributed by atoms with E-state index in [1.165, 1.54) is 24.1 Å². The number of morpholine rings is 1. The molecule has 3 heterocycles. The molecule has 9 heteroatoms. The number of carbonyl (C=O) groups excluding carboxylic acids is 2. The van der Waals surface area contributed by atoms with Gasteiger partial charge < -0.3 is 19.5 Å². The van der Waals surface area contributed by atoms with E-state index in [9.17, 15) is 19.1 Å². The van der Waals surface area contributed by atoms with Gasteiger partial charge in [0.2, 0.25) is 0 Å². The zero-order valence-electron chi connectivity index (χ0n) is 18.4. The first-order valence-corrected chi connectivity index (χ1v) is 10.8. The molecule has 0 saturated carbocycles. The third kappa shape index (κ3) is 4.74. The Morgan fingerprint density at radius 2 is 1.91 bits per heavy atom. The van der Waals surface area contributed by atoms with Crippen LogP contribution in [0.5, 0.6) is 5.75 Å². The highest BCUT2D eigenvalue weighted by atomic mass is 19.1. The number of amides is 1. The zero-order valence-corrected chi connectivity index (χ0v) is 18.4. The van der Waals surface area contributed by atoms with Crippen LogP contribution >= 0.6 is 0 Å². The monoisotopic (exact) mass is 455 g/mol. The summed E-state index contributed by atoms with van der Waals surface area (Å²) >= 11 is 0. The Labute approximate surface area is 191 Å². The van der Waals surface area contributed by atoms with E-state index in [1.807, 2.05) is 0 Å². The van der Waals surface area contributed by atoms with Crippen molar-refractivity contribution in [1.82, 2.24) is 14.8 Å². The van der Waals surface area contributed by atoms with Crippen LogP contribution in [0.4, 0.5) is 4.39 Å². The van der Waals surface area contributed by atoms with E-state index in [1.54, 1.807) is 24.5 Å². The third-order valence-electron chi connectivity index (χ3n) is 5.96. The Kier molecular flexibility index (Phi) is 7.00. The van der Waals surface area contributed by atoms with Crippen LogP contribution in [0.15, 0.2) is 48.3 Å². The van der Waals surface area contributed by atoms with Crippen LogP contribution < -0.4 is 4.74 Å². The lowest BCUT2D eigenvalue weighted by Gasteiger charge is -2.29. The molecule has 0 aliphatic carbocycles. The molecule has 0 unspecified atom stereocenters. The molecule has 33 heavy (non-hydrogen) atoms. The highest BCUT2D eigenvalue weighted by molar-refractivity contribution is 6.46. The molecule has 1 aromatic heterocycles. The lowest BCUT2D eigenvalue weighted by molar-refractivity contribution is -0.140. The van der Waals surface area contributed by atoms with Gasteiger partial charge in [-0.1, -0.05) is 0 Å². The van der Waals surface area contributed by atoms with E-state index in [0.29, 0.717) is 31.7 Å². The van der Waals surface area contributed by atoms with Crippen LogP contribution in [0.25, 0.3) is 5.76 Å². The van der Waals surface area contributed by atoms with E-state index < -0.39 is 29.3 Å². The van der Waals surface area contributed by atoms with Crippen molar-refractivity contribution in [3.63, 3.8) is 0 Å². The Balaban J connectivity index is 1.70. The Morgan fingerprint density at radius 3 is 2.61 bits per heavy atom. The summed E-state index contributed by atoms with van der Waals surface area (Å²) in [5.74, 6) is -2.39. The number of aromatic nitrogens is 1. The van der Waals surface area contributed by atoms with Crippen LogP contribution in [-0.2, 0) is 14.3 Å². The van der Waals surface area contributed by atoms with Gasteiger partial charge in [0, 0.05) is 38.6 Å². The van der Waals surface area contributed by atoms with Crippen LogP contribution in [0.3, 0.4) is 0 Å². The SMILES string of the molecule is COc1ccc(F)cc1C(O)=C1C(=O)C(=O)N(CCCN2CCOCC2)[C@H]1c1ccncc1. The Morgan fingerprint density at radius 1 is 1.18 bits per heavy atom. The summed E-state index contributed by atoms with van der Waals surface area (Å²) in [6.07, 6.45) is 3.77. The quantitative estimate of drug-likeness (QED) is 0.389. The van der Waals surface area contributed by atoms with Crippen molar-refractivity contribution in [3.8, 4) is 5.75 Å². The summed E-state index contributed by atoms with van der Waals surface area (Å²) in [7, 11) is 1.38. The number of ketones is 1. The minimum absolute atomic E-state index is 0.0165. The molecule has 1 atom stereocenters. The van der Waals surface area contributed by atoms with E-state index in [2.05, 4.69) is 9.88 Å². The molecule has 1 amide bonds. The maximum absolute atomic E-state index is 14.0. The van der Waals surface area contributed by atoms with E-state index in [-0.39, 0.29) is 16.9 Å². The number of methoxy groups -OCH3 is 1. The maximum Gasteiger partial charge on any atom is 0.295 e. The third-order valence-corrected chi connectivity index (χ3v) is 5.96. The van der Waals surface area contributed by atoms with Gasteiger partial charge in [0.1, 0.15) is 17.3 Å². The van der Waals surface area contributed by atoms with Gasteiger partial charge >= 0.3 is 0 Å². The number of halogens is 1. The number of aliphatic hydroxyl groups is 1. The van der Waals surface area contributed by atoms with Gasteiger partial charge in [-0.15, -0.1) is 0 Å². The van der Waals surface area contributed by atoms with E-state index >= 15 is 0 Å². The van der Waals surface area contributed by atoms with E-state index in [0.717, 1.165) is 25.7 Å². The lowest BCUT2D eigenvalue weighted by atomic mass is 9.95. The summed E-state index contributed by atoms with van der Waals surface area (Å²) in [4.78, 5) is 33.8. The number of benzene rings is 1. The number of likely N-dealkylation sites (tertiary alicyclic amines) is 1. The van der Waals surface area contributed by atoms with E-state index in [4.69, 9.17) is 9.47 Å². The van der Waals surface area contributed by atoms with Gasteiger partial charge in [-0.05, 0) is 42.3 Å². The standard InChI is InChI=1S/C24H26FN3O5/c1-32-19-4-3-17(25)15-18(19)22(29)20-21(16-5-7-26-8-6-16)28(24(31)23(20)30)10-2-9-27-11-13-33-14-12-27/h3-8,15,21,29H,2,9-14H2,1H3/t21-/m0/s1. The van der Waals surface area contributed by atoms with Crippen LogP contribution in [0.1, 0.15) is 23.6 Å². The Hall–Kier alpha value is -3.30. The van der Waals surface area contributed by atoms with Crippen LogP contribution in [-0.4, -0.2) is 78.1 Å². The van der Waals surface area contributed by atoms with Gasteiger partial charge in [-0.2, -0.15) is 0 Å². The molecule has 2 aliphatic rings. The number of carbonyl (C=O) groups is 2. The molecule has 174 valence electrons. The molecule has 0 radical (unpaired) electrons. The Bertz CT molecular complexity index is 1050. The number of nitrogens with zero attached hydrogens (tertiary/aromatic N) is 3. The lowest BCUT2D eigenvalue weighted by Crippen LogP contribution is -2.38. The average Bonchev–Trinajstić information content (AvgIpc) is 3.10. The maximum atomic E-state index is 14.0. The number of pyridine rings is 1. The normalized spacial score (nSPS) is 20.9.